The number of likely N-dealkylation sites (tertiary alicyclic amines) is 1. The van der Waals surface area contributed by atoms with Crippen molar-refractivity contribution in [1.29, 1.82) is 0 Å². The second-order valence-corrected chi connectivity index (χ2v) is 7.61. The Morgan fingerprint density at radius 3 is 2.73 bits per heavy atom. The van der Waals surface area contributed by atoms with Crippen LogP contribution in [0.2, 0.25) is 0 Å². The largest absolute Gasteiger partial charge is 0.345 e. The van der Waals surface area contributed by atoms with Gasteiger partial charge in [0.15, 0.2) is 0 Å². The molecule has 3 rings (SSSR count). The molecule has 0 aliphatic carbocycles. The first kappa shape index (κ1) is 18.8. The first-order valence-corrected chi connectivity index (χ1v) is 9.38. The third-order valence-electron chi connectivity index (χ3n) is 5.66. The summed E-state index contributed by atoms with van der Waals surface area (Å²) in [6.07, 6.45) is 4.74. The number of hydrogen-bond donors (Lipinski definition) is 2. The van der Waals surface area contributed by atoms with Crippen molar-refractivity contribution in [3.05, 3.63) is 30.1 Å². The van der Waals surface area contributed by atoms with Crippen molar-refractivity contribution in [2.45, 2.75) is 45.3 Å². The maximum Gasteiger partial charge on any atom is 0.227 e. The van der Waals surface area contributed by atoms with Crippen molar-refractivity contribution in [3.8, 4) is 0 Å². The van der Waals surface area contributed by atoms with Crippen LogP contribution in [0.15, 0.2) is 24.5 Å². The molecule has 26 heavy (non-hydrogen) atoms. The van der Waals surface area contributed by atoms with Crippen molar-refractivity contribution in [2.24, 2.45) is 11.8 Å². The predicted octanol–water partition coefficient (Wildman–Crippen LogP) is 0.780. The van der Waals surface area contributed by atoms with Crippen LogP contribution in [0.25, 0.3) is 0 Å². The van der Waals surface area contributed by atoms with Gasteiger partial charge in [-0.25, -0.2) is 0 Å². The monoisotopic (exact) mass is 359 g/mol. The number of carbonyl (C=O) groups is 2. The molecule has 0 radical (unpaired) electrons. The fourth-order valence-electron chi connectivity index (χ4n) is 3.98. The molecule has 142 valence electrons. The Hall–Kier alpha value is -1.99. The topological polar surface area (TPSA) is 77.6 Å². The Morgan fingerprint density at radius 1 is 1.35 bits per heavy atom. The number of aromatic nitrogens is 1. The second-order valence-electron chi connectivity index (χ2n) is 7.61. The number of amides is 2. The minimum Gasteiger partial charge on any atom is -0.345 e. The van der Waals surface area contributed by atoms with Crippen LogP contribution in [0.4, 0.5) is 0 Å². The van der Waals surface area contributed by atoms with E-state index in [-0.39, 0.29) is 17.7 Å². The van der Waals surface area contributed by atoms with Crippen molar-refractivity contribution in [1.82, 2.24) is 25.6 Å². The van der Waals surface area contributed by atoms with Crippen molar-refractivity contribution < 1.29 is 9.59 Å². The molecule has 2 aliphatic rings. The molecule has 3 heterocycles. The van der Waals surface area contributed by atoms with Crippen LogP contribution in [0, 0.1) is 11.8 Å². The van der Waals surface area contributed by atoms with Gasteiger partial charge in [-0.15, -0.1) is 0 Å². The predicted molar refractivity (Wildman–Crippen MR) is 98.7 cm³/mol. The van der Waals surface area contributed by atoms with E-state index in [0.717, 1.165) is 18.5 Å². The van der Waals surface area contributed by atoms with Gasteiger partial charge >= 0.3 is 0 Å². The maximum atomic E-state index is 12.8. The Morgan fingerprint density at radius 2 is 2.08 bits per heavy atom. The lowest BCUT2D eigenvalue weighted by Gasteiger charge is -2.25. The fraction of sp³-hybridized carbons (Fsp3) is 0.632. The second kappa shape index (κ2) is 8.14. The quantitative estimate of drug-likeness (QED) is 0.785. The molecule has 3 unspecified atom stereocenters. The summed E-state index contributed by atoms with van der Waals surface area (Å²) in [6.45, 7) is 6.06. The van der Waals surface area contributed by atoms with Gasteiger partial charge in [-0.05, 0) is 37.8 Å². The van der Waals surface area contributed by atoms with E-state index in [1.54, 1.807) is 22.2 Å². The summed E-state index contributed by atoms with van der Waals surface area (Å²) < 4.78 is 0. The first-order valence-electron chi connectivity index (χ1n) is 9.38. The highest BCUT2D eigenvalue weighted by molar-refractivity contribution is 5.89. The molecule has 7 nitrogen and oxygen atoms in total. The Kier molecular flexibility index (Phi) is 5.88. The average Bonchev–Trinajstić information content (AvgIpc) is 3.15. The number of nitrogens with one attached hydrogen (secondary N) is 2. The zero-order chi connectivity index (χ0) is 18.7. The van der Waals surface area contributed by atoms with Crippen LogP contribution in [-0.2, 0) is 16.1 Å². The number of nitrogens with zero attached hydrogens (tertiary/aromatic N) is 3. The minimum atomic E-state index is -0.237. The normalized spacial score (nSPS) is 28.6. The Labute approximate surface area is 155 Å². The standard InChI is InChI=1S/C19H29N5O2/c1-13-17(14(2)22-21-13)6-8-23(3)19(26)16-9-18(25)24(12-16)11-15-5-4-7-20-10-15/h4-5,7,10,13-14,16-17,21-22H,6,8-9,11-12H2,1-3H3. The van der Waals surface area contributed by atoms with E-state index in [4.69, 9.17) is 0 Å². The number of hydrazine groups is 1. The van der Waals surface area contributed by atoms with Gasteiger partial charge in [0, 0.05) is 57.6 Å². The molecule has 2 N–H and O–H groups in total. The van der Waals surface area contributed by atoms with Crippen LogP contribution in [0.5, 0.6) is 0 Å². The van der Waals surface area contributed by atoms with Crippen LogP contribution in [0.3, 0.4) is 0 Å². The highest BCUT2D eigenvalue weighted by Crippen LogP contribution is 2.23. The summed E-state index contributed by atoms with van der Waals surface area (Å²) >= 11 is 0. The number of pyridine rings is 1. The summed E-state index contributed by atoms with van der Waals surface area (Å²) in [6, 6.07) is 4.61. The first-order chi connectivity index (χ1) is 12.5. The molecule has 0 spiro atoms. The number of hydrogen-bond acceptors (Lipinski definition) is 5. The molecule has 1 aromatic rings. The lowest BCUT2D eigenvalue weighted by atomic mass is 9.93. The zero-order valence-corrected chi connectivity index (χ0v) is 15.8. The van der Waals surface area contributed by atoms with Gasteiger partial charge in [-0.2, -0.15) is 0 Å². The molecule has 1 aromatic heterocycles. The van der Waals surface area contributed by atoms with Crippen molar-refractivity contribution >= 4 is 11.8 Å². The molecule has 2 amide bonds. The highest BCUT2D eigenvalue weighted by Gasteiger charge is 2.36. The van der Waals surface area contributed by atoms with Crippen LogP contribution < -0.4 is 10.9 Å². The zero-order valence-electron chi connectivity index (χ0n) is 15.8. The smallest absolute Gasteiger partial charge is 0.227 e. The van der Waals surface area contributed by atoms with Gasteiger partial charge in [-0.1, -0.05) is 6.07 Å². The SMILES string of the molecule is CC1NNC(C)C1CCN(C)C(=O)C1CC(=O)N(Cc2cccnc2)C1. The molecule has 0 aromatic carbocycles. The van der Waals surface area contributed by atoms with Gasteiger partial charge in [-0.3, -0.25) is 25.4 Å². The van der Waals surface area contributed by atoms with Crippen LogP contribution in [0.1, 0.15) is 32.3 Å². The molecule has 0 bridgehead atoms. The average molecular weight is 359 g/mol. The number of rotatable bonds is 6. The lowest BCUT2D eigenvalue weighted by Crippen LogP contribution is -2.37. The van der Waals surface area contributed by atoms with E-state index < -0.39 is 0 Å². The molecule has 0 saturated carbocycles. The van der Waals surface area contributed by atoms with Gasteiger partial charge in [0.1, 0.15) is 0 Å². The third-order valence-corrected chi connectivity index (χ3v) is 5.66. The fourth-order valence-corrected chi connectivity index (χ4v) is 3.98. The molecular formula is C19H29N5O2. The van der Waals surface area contributed by atoms with Crippen LogP contribution >= 0.6 is 0 Å². The summed E-state index contributed by atoms with van der Waals surface area (Å²) in [4.78, 5) is 32.7. The van der Waals surface area contributed by atoms with Crippen molar-refractivity contribution in [3.63, 3.8) is 0 Å². The number of carbonyl (C=O) groups excluding carboxylic acids is 2. The summed E-state index contributed by atoms with van der Waals surface area (Å²) in [7, 11) is 1.85. The molecular weight excluding hydrogens is 330 g/mol. The van der Waals surface area contributed by atoms with E-state index in [9.17, 15) is 9.59 Å². The van der Waals surface area contributed by atoms with Gasteiger partial charge in [0.05, 0.1) is 5.92 Å². The van der Waals surface area contributed by atoms with E-state index >= 15 is 0 Å². The Bertz CT molecular complexity index is 628. The molecule has 2 aliphatic heterocycles. The molecule has 3 atom stereocenters. The molecule has 2 fully saturated rings. The van der Waals surface area contributed by atoms with Gasteiger partial charge < -0.3 is 9.80 Å². The van der Waals surface area contributed by atoms with E-state index in [0.29, 0.717) is 37.5 Å². The van der Waals surface area contributed by atoms with Crippen molar-refractivity contribution in [2.75, 3.05) is 20.1 Å². The Balaban J connectivity index is 1.50. The minimum absolute atomic E-state index is 0.0482. The summed E-state index contributed by atoms with van der Waals surface area (Å²) in [5.41, 5.74) is 7.50. The molecule has 2 saturated heterocycles. The van der Waals surface area contributed by atoms with E-state index in [2.05, 4.69) is 29.7 Å². The highest BCUT2D eigenvalue weighted by atomic mass is 16.2. The maximum absolute atomic E-state index is 12.8. The van der Waals surface area contributed by atoms with Gasteiger partial charge in [0.25, 0.3) is 0 Å². The summed E-state index contributed by atoms with van der Waals surface area (Å²) in [5.74, 6) is 0.384. The lowest BCUT2D eigenvalue weighted by molar-refractivity contribution is -0.134. The van der Waals surface area contributed by atoms with E-state index in [1.807, 2.05) is 19.2 Å². The van der Waals surface area contributed by atoms with E-state index in [1.165, 1.54) is 0 Å². The van der Waals surface area contributed by atoms with Crippen LogP contribution in [-0.4, -0.2) is 58.8 Å². The van der Waals surface area contributed by atoms with Gasteiger partial charge in [0.2, 0.25) is 11.8 Å². The third kappa shape index (κ3) is 4.22. The molecule has 7 heteroatoms. The summed E-state index contributed by atoms with van der Waals surface area (Å²) in [5, 5.41) is 0.